The maximum absolute atomic E-state index is 12.6. The first-order valence-corrected chi connectivity index (χ1v) is 11.8. The predicted octanol–water partition coefficient (Wildman–Crippen LogP) is 5.09. The van der Waals surface area contributed by atoms with E-state index in [1.807, 2.05) is 67.7 Å². The molecule has 1 N–H and O–H groups in total. The van der Waals surface area contributed by atoms with Crippen molar-refractivity contribution >= 4 is 12.0 Å². The number of unbranched alkanes of at least 4 members (excludes halogenated alkanes) is 1. The van der Waals surface area contributed by atoms with Gasteiger partial charge in [-0.25, -0.2) is 4.68 Å². The Hall–Kier alpha value is -3.89. The van der Waals surface area contributed by atoms with Gasteiger partial charge in [0.15, 0.2) is 0 Å². The molecule has 0 saturated heterocycles. The van der Waals surface area contributed by atoms with Gasteiger partial charge in [0.1, 0.15) is 23.1 Å². The number of aryl methyl sites for hydroxylation is 1. The van der Waals surface area contributed by atoms with Gasteiger partial charge in [-0.2, -0.15) is 10.4 Å². The molecular weight excluding hydrogens is 440 g/mol. The quantitative estimate of drug-likeness (QED) is 0.225. The maximum Gasteiger partial charge on any atom is 0.261 e. The molecule has 2 aromatic carbocycles. The predicted molar refractivity (Wildman–Crippen MR) is 137 cm³/mol. The Morgan fingerprint density at radius 2 is 1.97 bits per heavy atom. The number of carbonyl (C=O) groups excluding carboxylic acids is 1. The lowest BCUT2D eigenvalue weighted by atomic mass is 10.0. The van der Waals surface area contributed by atoms with Gasteiger partial charge in [-0.1, -0.05) is 31.5 Å². The van der Waals surface area contributed by atoms with Crippen LogP contribution in [-0.4, -0.2) is 42.6 Å². The van der Waals surface area contributed by atoms with Gasteiger partial charge >= 0.3 is 0 Å². The number of methoxy groups -OCH3 is 1. The van der Waals surface area contributed by atoms with Crippen molar-refractivity contribution in [1.82, 2.24) is 15.1 Å². The van der Waals surface area contributed by atoms with Crippen LogP contribution in [0, 0.1) is 18.3 Å². The van der Waals surface area contributed by atoms with E-state index in [0.717, 1.165) is 35.4 Å². The van der Waals surface area contributed by atoms with Crippen LogP contribution in [0.25, 0.3) is 23.0 Å². The van der Waals surface area contributed by atoms with E-state index in [4.69, 9.17) is 14.6 Å². The fourth-order valence-electron chi connectivity index (χ4n) is 3.56. The standard InChI is InChI=1S/C28H32N4O3/c1-4-5-16-35-25-12-13-26(21(2)17-25)27-23(20-32(31-27)24-10-7-6-8-11-24)18-22(19-29)28(33)30-14-9-15-34-3/h6-8,10-13,17-18,20H,4-5,9,14-16H2,1-3H3,(H,30,33). The van der Waals surface area contributed by atoms with Crippen molar-refractivity contribution in [3.8, 4) is 28.8 Å². The van der Waals surface area contributed by atoms with Gasteiger partial charge in [-0.3, -0.25) is 4.79 Å². The Labute approximate surface area is 207 Å². The van der Waals surface area contributed by atoms with Gasteiger partial charge in [-0.15, -0.1) is 0 Å². The van der Waals surface area contributed by atoms with Crippen molar-refractivity contribution in [1.29, 1.82) is 5.26 Å². The Morgan fingerprint density at radius 3 is 2.66 bits per heavy atom. The van der Waals surface area contributed by atoms with Gasteiger partial charge in [0.2, 0.25) is 0 Å². The zero-order valence-electron chi connectivity index (χ0n) is 20.6. The number of hydrogen-bond donors (Lipinski definition) is 1. The molecule has 0 radical (unpaired) electrons. The molecule has 1 amide bonds. The summed E-state index contributed by atoms with van der Waals surface area (Å²) in [6, 6.07) is 17.7. The van der Waals surface area contributed by atoms with Crippen molar-refractivity contribution in [3.05, 3.63) is 71.4 Å². The van der Waals surface area contributed by atoms with E-state index in [9.17, 15) is 10.1 Å². The molecule has 182 valence electrons. The highest BCUT2D eigenvalue weighted by atomic mass is 16.5. The van der Waals surface area contributed by atoms with E-state index < -0.39 is 5.91 Å². The van der Waals surface area contributed by atoms with Crippen LogP contribution in [0.3, 0.4) is 0 Å². The number of rotatable bonds is 12. The third-order valence-corrected chi connectivity index (χ3v) is 5.46. The SMILES string of the molecule is CCCCOc1ccc(-c2nn(-c3ccccc3)cc2C=C(C#N)C(=O)NCCCOC)c(C)c1. The maximum atomic E-state index is 12.6. The summed E-state index contributed by atoms with van der Waals surface area (Å²) in [6.07, 6.45) is 6.18. The average Bonchev–Trinajstić information content (AvgIpc) is 3.29. The van der Waals surface area contributed by atoms with Crippen LogP contribution >= 0.6 is 0 Å². The minimum atomic E-state index is -0.418. The number of nitriles is 1. The molecule has 3 rings (SSSR count). The highest BCUT2D eigenvalue weighted by Crippen LogP contribution is 2.30. The number of hydrogen-bond acceptors (Lipinski definition) is 5. The first-order chi connectivity index (χ1) is 17.1. The fourth-order valence-corrected chi connectivity index (χ4v) is 3.56. The first kappa shape index (κ1) is 25.7. The summed E-state index contributed by atoms with van der Waals surface area (Å²) in [5.41, 5.74) is 4.18. The highest BCUT2D eigenvalue weighted by Gasteiger charge is 2.16. The Morgan fingerprint density at radius 1 is 1.17 bits per heavy atom. The Bertz CT molecular complexity index is 1190. The van der Waals surface area contributed by atoms with Crippen molar-refractivity contribution in [2.24, 2.45) is 0 Å². The van der Waals surface area contributed by atoms with Gasteiger partial charge in [0.25, 0.3) is 5.91 Å². The number of para-hydroxylation sites is 1. The van der Waals surface area contributed by atoms with E-state index in [1.54, 1.807) is 17.9 Å². The van der Waals surface area contributed by atoms with Gasteiger partial charge in [0, 0.05) is 37.6 Å². The van der Waals surface area contributed by atoms with E-state index >= 15 is 0 Å². The third-order valence-electron chi connectivity index (χ3n) is 5.46. The molecule has 0 unspecified atom stereocenters. The summed E-state index contributed by atoms with van der Waals surface area (Å²) in [5.74, 6) is 0.394. The zero-order chi connectivity index (χ0) is 25.0. The molecule has 0 saturated carbocycles. The van der Waals surface area contributed by atoms with Crippen LogP contribution in [0.4, 0.5) is 0 Å². The van der Waals surface area contributed by atoms with Crippen LogP contribution in [0.1, 0.15) is 37.3 Å². The van der Waals surface area contributed by atoms with E-state index in [-0.39, 0.29) is 5.57 Å². The van der Waals surface area contributed by atoms with E-state index in [2.05, 4.69) is 12.2 Å². The molecule has 0 fully saturated rings. The summed E-state index contributed by atoms with van der Waals surface area (Å²) in [6.45, 7) is 5.78. The van der Waals surface area contributed by atoms with Crippen LogP contribution in [0.5, 0.6) is 5.75 Å². The topological polar surface area (TPSA) is 89.2 Å². The van der Waals surface area contributed by atoms with Crippen LogP contribution in [0.15, 0.2) is 60.3 Å². The molecule has 0 aliphatic heterocycles. The second-order valence-corrected chi connectivity index (χ2v) is 8.16. The molecule has 7 nitrogen and oxygen atoms in total. The normalized spacial score (nSPS) is 11.2. The molecule has 0 atom stereocenters. The smallest absolute Gasteiger partial charge is 0.261 e. The van der Waals surface area contributed by atoms with Gasteiger partial charge in [0.05, 0.1) is 12.3 Å². The summed E-state index contributed by atoms with van der Waals surface area (Å²) < 4.78 is 12.6. The third kappa shape index (κ3) is 7.05. The van der Waals surface area contributed by atoms with Gasteiger partial charge < -0.3 is 14.8 Å². The Kier molecular flexibility index (Phi) is 9.64. The van der Waals surface area contributed by atoms with Crippen molar-refractivity contribution in [3.63, 3.8) is 0 Å². The van der Waals surface area contributed by atoms with Crippen LogP contribution in [-0.2, 0) is 9.53 Å². The zero-order valence-corrected chi connectivity index (χ0v) is 20.6. The number of benzene rings is 2. The van der Waals surface area contributed by atoms with Crippen LogP contribution in [0.2, 0.25) is 0 Å². The second kappa shape index (κ2) is 13.1. The summed E-state index contributed by atoms with van der Waals surface area (Å²) in [4.78, 5) is 12.6. The lowest BCUT2D eigenvalue weighted by Gasteiger charge is -2.10. The molecule has 0 spiro atoms. The van der Waals surface area contributed by atoms with Crippen LogP contribution < -0.4 is 10.1 Å². The molecule has 0 aliphatic rings. The molecule has 1 heterocycles. The minimum Gasteiger partial charge on any atom is -0.494 e. The molecule has 35 heavy (non-hydrogen) atoms. The van der Waals surface area contributed by atoms with Crippen molar-refractivity contribution in [2.75, 3.05) is 26.9 Å². The number of amides is 1. The summed E-state index contributed by atoms with van der Waals surface area (Å²) >= 11 is 0. The largest absolute Gasteiger partial charge is 0.494 e. The molecule has 1 aromatic heterocycles. The molecule has 7 heteroatoms. The number of ether oxygens (including phenoxy) is 2. The first-order valence-electron chi connectivity index (χ1n) is 11.8. The monoisotopic (exact) mass is 472 g/mol. The average molecular weight is 473 g/mol. The van der Waals surface area contributed by atoms with Crippen molar-refractivity contribution < 1.29 is 14.3 Å². The van der Waals surface area contributed by atoms with E-state index in [0.29, 0.717) is 37.4 Å². The lowest BCUT2D eigenvalue weighted by Crippen LogP contribution is -2.26. The highest BCUT2D eigenvalue weighted by molar-refractivity contribution is 6.02. The molecule has 3 aromatic rings. The molecule has 0 aliphatic carbocycles. The second-order valence-electron chi connectivity index (χ2n) is 8.16. The van der Waals surface area contributed by atoms with Gasteiger partial charge in [-0.05, 0) is 61.7 Å². The summed E-state index contributed by atoms with van der Waals surface area (Å²) in [7, 11) is 1.61. The Balaban J connectivity index is 1.98. The summed E-state index contributed by atoms with van der Waals surface area (Å²) in [5, 5.41) is 17.3. The number of nitrogens with one attached hydrogen (secondary N) is 1. The number of nitrogens with zero attached hydrogens (tertiary/aromatic N) is 3. The van der Waals surface area contributed by atoms with E-state index in [1.165, 1.54) is 0 Å². The molecular formula is C28H32N4O3. The van der Waals surface area contributed by atoms with Crippen molar-refractivity contribution in [2.45, 2.75) is 33.1 Å². The minimum absolute atomic E-state index is 0.0217. The molecule has 0 bridgehead atoms. The fraction of sp³-hybridized carbons (Fsp3) is 0.321. The number of carbonyl (C=O) groups is 1. The lowest BCUT2D eigenvalue weighted by molar-refractivity contribution is -0.117. The number of aromatic nitrogens is 2.